The minimum atomic E-state index is -1.03. The topological polar surface area (TPSA) is 113 Å². The van der Waals surface area contributed by atoms with Crippen molar-refractivity contribution in [1.82, 2.24) is 19.7 Å². The molecule has 132 valence electrons. The molecule has 2 heterocycles. The van der Waals surface area contributed by atoms with Gasteiger partial charge in [0.1, 0.15) is 0 Å². The van der Waals surface area contributed by atoms with E-state index in [1.54, 1.807) is 17.9 Å². The van der Waals surface area contributed by atoms with E-state index in [9.17, 15) is 15.0 Å². The zero-order valence-corrected chi connectivity index (χ0v) is 14.1. The highest BCUT2D eigenvalue weighted by atomic mass is 16.4. The Morgan fingerprint density at radius 2 is 2.19 bits per heavy atom. The van der Waals surface area contributed by atoms with Gasteiger partial charge in [0.05, 0.1) is 18.0 Å². The molecule has 26 heavy (non-hydrogen) atoms. The number of nitrogens with one attached hydrogen (secondary N) is 1. The minimum absolute atomic E-state index is 0.0447. The van der Waals surface area contributed by atoms with E-state index < -0.39 is 5.97 Å². The third kappa shape index (κ3) is 2.70. The van der Waals surface area contributed by atoms with Crippen LogP contribution >= 0.6 is 0 Å². The zero-order chi connectivity index (χ0) is 18.3. The van der Waals surface area contributed by atoms with Crippen LogP contribution < -0.4 is 5.32 Å². The van der Waals surface area contributed by atoms with E-state index in [1.165, 1.54) is 0 Å². The van der Waals surface area contributed by atoms with Gasteiger partial charge in [0.25, 0.3) is 0 Å². The first kappa shape index (κ1) is 16.2. The highest BCUT2D eigenvalue weighted by Crippen LogP contribution is 2.34. The summed E-state index contributed by atoms with van der Waals surface area (Å²) in [6.45, 7) is -0.0447. The number of fused-ring (bicyclic) bond motifs is 3. The number of hydrogen-bond donors (Lipinski definition) is 3. The standard InChI is InChI=1S/C18H17N5O3/c1-23-16-13(15(22-23)17(25)26)6-5-11-8-19-18(21-14(11)16)20-12-4-2-3-10(7-12)9-24/h2-4,7-8,24H,5-6,9H2,1H3,(H,25,26)(H,19,20,21). The van der Waals surface area contributed by atoms with Gasteiger partial charge >= 0.3 is 5.97 Å². The fraction of sp³-hybridized carbons (Fsp3) is 0.222. The fourth-order valence-corrected chi connectivity index (χ4v) is 3.26. The molecular weight excluding hydrogens is 334 g/mol. The van der Waals surface area contributed by atoms with E-state index >= 15 is 0 Å². The summed E-state index contributed by atoms with van der Waals surface area (Å²) in [5, 5.41) is 25.9. The van der Waals surface area contributed by atoms with Gasteiger partial charge in [0.2, 0.25) is 5.95 Å². The van der Waals surface area contributed by atoms with Crippen LogP contribution in [-0.2, 0) is 26.5 Å². The lowest BCUT2D eigenvalue weighted by atomic mass is 9.93. The Labute approximate surface area is 149 Å². The molecule has 0 unspecified atom stereocenters. The van der Waals surface area contributed by atoms with Gasteiger partial charge in [-0.3, -0.25) is 4.68 Å². The fourth-order valence-electron chi connectivity index (χ4n) is 3.26. The molecule has 1 aromatic carbocycles. The maximum atomic E-state index is 11.4. The third-order valence-electron chi connectivity index (χ3n) is 4.45. The number of benzene rings is 1. The highest BCUT2D eigenvalue weighted by Gasteiger charge is 2.28. The summed E-state index contributed by atoms with van der Waals surface area (Å²) >= 11 is 0. The Hall–Kier alpha value is -3.26. The number of nitrogens with zero attached hydrogens (tertiary/aromatic N) is 4. The van der Waals surface area contributed by atoms with Crippen LogP contribution in [0.5, 0.6) is 0 Å². The summed E-state index contributed by atoms with van der Waals surface area (Å²) < 4.78 is 1.57. The second kappa shape index (κ2) is 6.23. The Kier molecular flexibility index (Phi) is 3.89. The molecule has 0 amide bonds. The van der Waals surface area contributed by atoms with Crippen LogP contribution in [0.3, 0.4) is 0 Å². The lowest BCUT2D eigenvalue weighted by Gasteiger charge is -2.17. The number of aromatic carboxylic acids is 1. The van der Waals surface area contributed by atoms with Crippen molar-refractivity contribution >= 4 is 17.6 Å². The van der Waals surface area contributed by atoms with Crippen molar-refractivity contribution in [1.29, 1.82) is 0 Å². The van der Waals surface area contributed by atoms with Crippen molar-refractivity contribution in [3.63, 3.8) is 0 Å². The molecule has 0 spiro atoms. The molecule has 2 aromatic heterocycles. The highest BCUT2D eigenvalue weighted by molar-refractivity contribution is 5.90. The number of hydrogen-bond acceptors (Lipinski definition) is 6. The molecule has 0 radical (unpaired) electrons. The van der Waals surface area contributed by atoms with Gasteiger partial charge in [-0.15, -0.1) is 0 Å². The molecule has 0 bridgehead atoms. The predicted molar refractivity (Wildman–Crippen MR) is 94.2 cm³/mol. The minimum Gasteiger partial charge on any atom is -0.476 e. The molecule has 4 rings (SSSR count). The van der Waals surface area contributed by atoms with Gasteiger partial charge in [0, 0.05) is 24.5 Å². The van der Waals surface area contributed by atoms with Gasteiger partial charge in [-0.2, -0.15) is 5.10 Å². The summed E-state index contributed by atoms with van der Waals surface area (Å²) in [5.41, 5.74) is 4.72. The first-order valence-corrected chi connectivity index (χ1v) is 8.19. The van der Waals surface area contributed by atoms with Crippen molar-refractivity contribution < 1.29 is 15.0 Å². The molecule has 0 saturated heterocycles. The predicted octanol–water partition coefficient (Wildman–Crippen LogP) is 1.91. The first-order chi connectivity index (χ1) is 12.6. The SMILES string of the molecule is Cn1nc(C(=O)O)c2c1-c1nc(Nc3cccc(CO)c3)ncc1CC2. The number of aryl methyl sites for hydroxylation is 2. The largest absolute Gasteiger partial charge is 0.476 e. The van der Waals surface area contributed by atoms with Crippen molar-refractivity contribution in [3.8, 4) is 11.4 Å². The maximum Gasteiger partial charge on any atom is 0.356 e. The van der Waals surface area contributed by atoms with E-state index in [-0.39, 0.29) is 12.3 Å². The lowest BCUT2D eigenvalue weighted by Crippen LogP contribution is -2.11. The summed E-state index contributed by atoms with van der Waals surface area (Å²) in [6, 6.07) is 7.35. The Bertz CT molecular complexity index is 1010. The molecule has 3 aromatic rings. The monoisotopic (exact) mass is 351 g/mol. The van der Waals surface area contributed by atoms with Crippen molar-refractivity contribution in [2.75, 3.05) is 5.32 Å². The van der Waals surface area contributed by atoms with E-state index in [4.69, 9.17) is 0 Å². The Morgan fingerprint density at radius 3 is 2.96 bits per heavy atom. The summed E-state index contributed by atoms with van der Waals surface area (Å²) in [7, 11) is 1.72. The average molecular weight is 351 g/mol. The quantitative estimate of drug-likeness (QED) is 0.658. The molecule has 8 nitrogen and oxygen atoms in total. The van der Waals surface area contributed by atoms with Crippen LogP contribution in [0.2, 0.25) is 0 Å². The summed E-state index contributed by atoms with van der Waals surface area (Å²) in [4.78, 5) is 20.4. The van der Waals surface area contributed by atoms with E-state index in [2.05, 4.69) is 20.4 Å². The normalized spacial score (nSPS) is 12.4. The van der Waals surface area contributed by atoms with Crippen LogP contribution in [0, 0.1) is 0 Å². The second-order valence-electron chi connectivity index (χ2n) is 6.16. The summed E-state index contributed by atoms with van der Waals surface area (Å²) in [5.74, 6) is -0.622. The van der Waals surface area contributed by atoms with Gasteiger partial charge in [-0.05, 0) is 36.1 Å². The van der Waals surface area contributed by atoms with Crippen LogP contribution in [0.15, 0.2) is 30.5 Å². The lowest BCUT2D eigenvalue weighted by molar-refractivity contribution is 0.0688. The number of anilines is 2. The number of carboxylic acid groups (broad SMARTS) is 1. The van der Waals surface area contributed by atoms with E-state index in [1.807, 2.05) is 24.3 Å². The van der Waals surface area contributed by atoms with E-state index in [0.29, 0.717) is 30.0 Å². The number of carboxylic acids is 1. The molecule has 1 aliphatic carbocycles. The second-order valence-corrected chi connectivity index (χ2v) is 6.16. The van der Waals surface area contributed by atoms with Crippen LogP contribution in [0.4, 0.5) is 11.6 Å². The van der Waals surface area contributed by atoms with Crippen molar-refractivity contribution in [3.05, 3.63) is 52.8 Å². The number of aliphatic hydroxyl groups excluding tert-OH is 1. The first-order valence-electron chi connectivity index (χ1n) is 8.19. The van der Waals surface area contributed by atoms with Crippen LogP contribution in [0.25, 0.3) is 11.4 Å². The number of rotatable bonds is 4. The molecular formula is C18H17N5O3. The number of aliphatic hydroxyl groups is 1. The molecule has 0 saturated carbocycles. The Balaban J connectivity index is 1.75. The molecule has 3 N–H and O–H groups in total. The number of aromatic nitrogens is 4. The van der Waals surface area contributed by atoms with Crippen molar-refractivity contribution in [2.45, 2.75) is 19.4 Å². The number of carbonyl (C=O) groups is 1. The smallest absolute Gasteiger partial charge is 0.356 e. The molecule has 0 fully saturated rings. The van der Waals surface area contributed by atoms with E-state index in [0.717, 1.165) is 22.5 Å². The third-order valence-corrected chi connectivity index (χ3v) is 4.45. The molecule has 8 heteroatoms. The zero-order valence-electron chi connectivity index (χ0n) is 14.1. The molecule has 0 aliphatic heterocycles. The van der Waals surface area contributed by atoms with Gasteiger partial charge in [-0.25, -0.2) is 14.8 Å². The summed E-state index contributed by atoms with van der Waals surface area (Å²) in [6.07, 6.45) is 3.04. The van der Waals surface area contributed by atoms with Crippen molar-refractivity contribution in [2.24, 2.45) is 7.05 Å². The van der Waals surface area contributed by atoms with Gasteiger partial charge in [0.15, 0.2) is 5.69 Å². The molecule has 1 aliphatic rings. The Morgan fingerprint density at radius 1 is 1.35 bits per heavy atom. The van der Waals surface area contributed by atoms with Gasteiger partial charge in [-0.1, -0.05) is 12.1 Å². The average Bonchev–Trinajstić information content (AvgIpc) is 2.99. The van der Waals surface area contributed by atoms with Crippen LogP contribution in [-0.4, -0.2) is 35.9 Å². The molecule has 0 atom stereocenters. The maximum absolute atomic E-state index is 11.4. The van der Waals surface area contributed by atoms with Crippen LogP contribution in [0.1, 0.15) is 27.2 Å². The van der Waals surface area contributed by atoms with Gasteiger partial charge < -0.3 is 15.5 Å².